The Bertz CT molecular complexity index is 95.9. The lowest BCUT2D eigenvalue weighted by Gasteiger charge is -2.12. The van der Waals surface area contributed by atoms with Crippen LogP contribution in [-0.4, -0.2) is 37.2 Å². The molecule has 10 heavy (non-hydrogen) atoms. The van der Waals surface area contributed by atoms with Crippen LogP contribution in [0.15, 0.2) is 10.4 Å². The minimum Gasteiger partial charge on any atom is -0.283 e. The summed E-state index contributed by atoms with van der Waals surface area (Å²) in [7, 11) is 3.71. The maximum atomic E-state index is 3.94. The lowest BCUT2D eigenvalue weighted by molar-refractivity contribution is 0.253. The molecule has 0 aromatic rings. The number of hydrogen-bond donors (Lipinski definition) is 0. The molecule has 0 aromatic heterocycles. The highest BCUT2D eigenvalue weighted by Gasteiger charge is 1.90. The van der Waals surface area contributed by atoms with Crippen molar-refractivity contribution in [2.45, 2.75) is 13.8 Å². The standard InChI is InChI=1S/C6H16N4/c1-5-10(6-2)8-7-9(3)4/h5-6H2,1-4H3. The molecule has 0 amide bonds. The third-order valence-electron chi connectivity index (χ3n) is 1.08. The molecule has 0 heterocycles. The van der Waals surface area contributed by atoms with Gasteiger partial charge >= 0.3 is 0 Å². The van der Waals surface area contributed by atoms with Gasteiger partial charge in [-0.1, -0.05) is 10.4 Å². The third-order valence-corrected chi connectivity index (χ3v) is 1.08. The van der Waals surface area contributed by atoms with E-state index in [-0.39, 0.29) is 0 Å². The summed E-state index contributed by atoms with van der Waals surface area (Å²) in [4.78, 5) is 0. The van der Waals surface area contributed by atoms with Crippen molar-refractivity contribution in [1.29, 1.82) is 0 Å². The fourth-order valence-corrected chi connectivity index (χ4v) is 0.487. The van der Waals surface area contributed by atoms with Gasteiger partial charge in [0.25, 0.3) is 0 Å². The van der Waals surface area contributed by atoms with Gasteiger partial charge in [0.15, 0.2) is 0 Å². The van der Waals surface area contributed by atoms with Crippen LogP contribution in [0.4, 0.5) is 0 Å². The molecule has 0 aliphatic rings. The number of rotatable bonds is 4. The highest BCUT2D eigenvalue weighted by molar-refractivity contribution is 4.37. The number of nitrogens with zero attached hydrogens (tertiary/aromatic N) is 4. The van der Waals surface area contributed by atoms with Gasteiger partial charge in [-0.3, -0.25) is 10.0 Å². The minimum absolute atomic E-state index is 0.911. The van der Waals surface area contributed by atoms with E-state index in [1.165, 1.54) is 0 Å². The van der Waals surface area contributed by atoms with Crippen molar-refractivity contribution in [3.63, 3.8) is 0 Å². The van der Waals surface area contributed by atoms with Gasteiger partial charge in [0, 0.05) is 27.2 Å². The van der Waals surface area contributed by atoms with Crippen molar-refractivity contribution in [3.05, 3.63) is 0 Å². The SMILES string of the molecule is CCN(CC)N=NN(C)C. The second kappa shape index (κ2) is 5.02. The van der Waals surface area contributed by atoms with Gasteiger partial charge in [0.05, 0.1) is 0 Å². The molecule has 0 aromatic carbocycles. The molecule has 60 valence electrons. The summed E-state index contributed by atoms with van der Waals surface area (Å²) in [5.41, 5.74) is 0. The van der Waals surface area contributed by atoms with Crippen LogP contribution in [0.1, 0.15) is 13.8 Å². The Labute approximate surface area is 62.5 Å². The molecule has 0 aliphatic carbocycles. The van der Waals surface area contributed by atoms with Crippen LogP contribution in [0.5, 0.6) is 0 Å². The topological polar surface area (TPSA) is 31.2 Å². The molecule has 0 spiro atoms. The van der Waals surface area contributed by atoms with Crippen LogP contribution < -0.4 is 0 Å². The van der Waals surface area contributed by atoms with Gasteiger partial charge in [0.1, 0.15) is 0 Å². The summed E-state index contributed by atoms with van der Waals surface area (Å²) in [5.74, 6) is 0. The molecule has 0 bridgehead atoms. The second-order valence-electron chi connectivity index (χ2n) is 2.17. The van der Waals surface area contributed by atoms with Crippen molar-refractivity contribution < 1.29 is 0 Å². The zero-order valence-corrected chi connectivity index (χ0v) is 7.20. The number of hydrogen-bond acceptors (Lipinski definition) is 2. The molecule has 0 aliphatic heterocycles. The second-order valence-corrected chi connectivity index (χ2v) is 2.17. The van der Waals surface area contributed by atoms with Gasteiger partial charge in [-0.25, -0.2) is 0 Å². The first-order valence-electron chi connectivity index (χ1n) is 3.54. The molecule has 4 nitrogen and oxygen atoms in total. The largest absolute Gasteiger partial charge is 0.283 e. The van der Waals surface area contributed by atoms with E-state index >= 15 is 0 Å². The van der Waals surface area contributed by atoms with E-state index in [2.05, 4.69) is 24.3 Å². The van der Waals surface area contributed by atoms with Crippen LogP contribution in [0, 0.1) is 0 Å². The minimum atomic E-state index is 0.911. The van der Waals surface area contributed by atoms with Crippen molar-refractivity contribution in [3.8, 4) is 0 Å². The molecular weight excluding hydrogens is 128 g/mol. The monoisotopic (exact) mass is 144 g/mol. The van der Waals surface area contributed by atoms with E-state index in [9.17, 15) is 0 Å². The van der Waals surface area contributed by atoms with Crippen molar-refractivity contribution in [2.75, 3.05) is 27.2 Å². The van der Waals surface area contributed by atoms with E-state index in [0.717, 1.165) is 13.1 Å². The summed E-state index contributed by atoms with van der Waals surface area (Å²) < 4.78 is 0. The first-order valence-corrected chi connectivity index (χ1v) is 3.54. The zero-order valence-electron chi connectivity index (χ0n) is 7.20. The highest BCUT2D eigenvalue weighted by Crippen LogP contribution is 1.89. The smallest absolute Gasteiger partial charge is 0.0349 e. The molecule has 0 N–H and O–H groups in total. The van der Waals surface area contributed by atoms with E-state index < -0.39 is 0 Å². The fourth-order valence-electron chi connectivity index (χ4n) is 0.487. The average molecular weight is 144 g/mol. The van der Waals surface area contributed by atoms with E-state index in [4.69, 9.17) is 0 Å². The predicted octanol–water partition coefficient (Wildman–Crippen LogP) is 1.17. The Balaban J connectivity index is 3.61. The normalized spacial score (nSPS) is 10.4. The summed E-state index contributed by atoms with van der Waals surface area (Å²) >= 11 is 0. The van der Waals surface area contributed by atoms with Gasteiger partial charge < -0.3 is 0 Å². The summed E-state index contributed by atoms with van der Waals surface area (Å²) in [6.07, 6.45) is 0. The van der Waals surface area contributed by atoms with Crippen LogP contribution in [0.3, 0.4) is 0 Å². The molecule has 0 rings (SSSR count). The van der Waals surface area contributed by atoms with Gasteiger partial charge in [-0.2, -0.15) is 0 Å². The van der Waals surface area contributed by atoms with Crippen LogP contribution >= 0.6 is 0 Å². The molecule has 0 saturated heterocycles. The summed E-state index contributed by atoms with van der Waals surface area (Å²) in [6, 6.07) is 0. The first-order chi connectivity index (χ1) is 4.70. The molecule has 4 heteroatoms. The lowest BCUT2D eigenvalue weighted by atomic mass is 10.6. The van der Waals surface area contributed by atoms with E-state index in [1.54, 1.807) is 5.01 Å². The molecule has 0 fully saturated rings. The van der Waals surface area contributed by atoms with Gasteiger partial charge in [-0.15, -0.1) is 0 Å². The Morgan fingerprint density at radius 2 is 1.50 bits per heavy atom. The Hall–Kier alpha value is -0.800. The maximum absolute atomic E-state index is 3.94. The van der Waals surface area contributed by atoms with Crippen LogP contribution in [0.2, 0.25) is 0 Å². The van der Waals surface area contributed by atoms with Crippen molar-refractivity contribution in [2.24, 2.45) is 10.4 Å². The molecular formula is C6H16N4. The Morgan fingerprint density at radius 3 is 1.80 bits per heavy atom. The Morgan fingerprint density at radius 1 is 1.00 bits per heavy atom. The maximum Gasteiger partial charge on any atom is 0.0349 e. The van der Waals surface area contributed by atoms with Crippen LogP contribution in [-0.2, 0) is 0 Å². The van der Waals surface area contributed by atoms with E-state index in [1.807, 2.05) is 19.1 Å². The lowest BCUT2D eigenvalue weighted by Crippen LogP contribution is -2.16. The zero-order chi connectivity index (χ0) is 7.98. The summed E-state index contributed by atoms with van der Waals surface area (Å²) in [5, 5.41) is 11.4. The quantitative estimate of drug-likeness (QED) is 0.438. The van der Waals surface area contributed by atoms with E-state index in [0.29, 0.717) is 0 Å². The highest BCUT2D eigenvalue weighted by atomic mass is 15.7. The third kappa shape index (κ3) is 4.12. The van der Waals surface area contributed by atoms with Crippen LogP contribution in [0.25, 0.3) is 0 Å². The first kappa shape index (κ1) is 9.20. The molecule has 0 unspecified atom stereocenters. The van der Waals surface area contributed by atoms with Crippen molar-refractivity contribution in [1.82, 2.24) is 10.0 Å². The molecule has 0 radical (unpaired) electrons. The predicted molar refractivity (Wildman–Crippen MR) is 41.5 cm³/mol. The average Bonchev–Trinajstić information content (AvgIpc) is 1.90. The van der Waals surface area contributed by atoms with Crippen molar-refractivity contribution >= 4 is 0 Å². The van der Waals surface area contributed by atoms with Gasteiger partial charge in [-0.05, 0) is 13.8 Å². The van der Waals surface area contributed by atoms with Gasteiger partial charge in [0.2, 0.25) is 0 Å². The fraction of sp³-hybridized carbons (Fsp3) is 1.00. The Kier molecular flexibility index (Phi) is 4.62. The molecule has 0 atom stereocenters. The molecule has 0 saturated carbocycles. The summed E-state index contributed by atoms with van der Waals surface area (Å²) in [6.45, 7) is 5.93.